The standard InChI is InChI=1S/C14H26ClN3O/c1-6-14(7-2,19-8-3)13(16)12-11(15)9-17-18(12)10(4)5/h9-10,13H,6-8,16H2,1-5H3. The van der Waals surface area contributed by atoms with Crippen LogP contribution in [0.4, 0.5) is 0 Å². The van der Waals surface area contributed by atoms with E-state index in [-0.39, 0.29) is 17.7 Å². The van der Waals surface area contributed by atoms with Gasteiger partial charge in [0.1, 0.15) is 0 Å². The number of hydrogen-bond acceptors (Lipinski definition) is 3. The van der Waals surface area contributed by atoms with Gasteiger partial charge in [0.15, 0.2) is 0 Å². The number of aromatic nitrogens is 2. The van der Waals surface area contributed by atoms with Crippen LogP contribution in [0.3, 0.4) is 0 Å². The molecule has 110 valence electrons. The van der Waals surface area contributed by atoms with Crippen molar-refractivity contribution < 1.29 is 4.74 Å². The van der Waals surface area contributed by atoms with Crippen molar-refractivity contribution in [3.05, 3.63) is 16.9 Å². The van der Waals surface area contributed by atoms with Crippen LogP contribution < -0.4 is 5.73 Å². The van der Waals surface area contributed by atoms with Crippen molar-refractivity contribution in [2.24, 2.45) is 5.73 Å². The third kappa shape index (κ3) is 3.12. The molecule has 0 radical (unpaired) electrons. The van der Waals surface area contributed by atoms with Gasteiger partial charge in [0.25, 0.3) is 0 Å². The average molecular weight is 288 g/mol. The Morgan fingerprint density at radius 3 is 2.37 bits per heavy atom. The molecule has 0 aliphatic heterocycles. The Morgan fingerprint density at radius 2 is 1.95 bits per heavy atom. The van der Waals surface area contributed by atoms with E-state index < -0.39 is 0 Å². The summed E-state index contributed by atoms with van der Waals surface area (Å²) in [5.74, 6) is 0. The maximum atomic E-state index is 6.49. The van der Waals surface area contributed by atoms with E-state index in [1.807, 2.05) is 11.6 Å². The summed E-state index contributed by atoms with van der Waals surface area (Å²) in [6, 6.07) is -0.0542. The van der Waals surface area contributed by atoms with Crippen molar-refractivity contribution in [1.82, 2.24) is 9.78 Å². The smallest absolute Gasteiger partial charge is 0.0884 e. The van der Waals surface area contributed by atoms with Gasteiger partial charge in [-0.15, -0.1) is 0 Å². The lowest BCUT2D eigenvalue weighted by atomic mass is 9.86. The molecule has 0 saturated heterocycles. The van der Waals surface area contributed by atoms with Gasteiger partial charge in [-0.2, -0.15) is 5.10 Å². The van der Waals surface area contributed by atoms with Gasteiger partial charge in [-0.25, -0.2) is 0 Å². The quantitative estimate of drug-likeness (QED) is 0.832. The molecule has 2 N–H and O–H groups in total. The molecule has 0 aliphatic rings. The van der Waals surface area contributed by atoms with Crippen molar-refractivity contribution in [1.29, 1.82) is 0 Å². The zero-order chi connectivity index (χ0) is 14.6. The van der Waals surface area contributed by atoms with Crippen LogP contribution in [0, 0.1) is 0 Å². The third-order valence-electron chi connectivity index (χ3n) is 3.77. The number of hydrogen-bond donors (Lipinski definition) is 1. The van der Waals surface area contributed by atoms with Crippen LogP contribution in [0.1, 0.15) is 65.2 Å². The summed E-state index contributed by atoms with van der Waals surface area (Å²) < 4.78 is 7.87. The molecule has 1 aromatic rings. The minimum absolute atomic E-state index is 0.224. The van der Waals surface area contributed by atoms with Gasteiger partial charge in [-0.1, -0.05) is 25.4 Å². The van der Waals surface area contributed by atoms with E-state index in [0.717, 1.165) is 18.5 Å². The molecule has 0 fully saturated rings. The molecular formula is C14H26ClN3O. The zero-order valence-corrected chi connectivity index (χ0v) is 13.4. The van der Waals surface area contributed by atoms with Crippen LogP contribution in [-0.2, 0) is 4.74 Å². The maximum absolute atomic E-state index is 6.49. The minimum Gasteiger partial charge on any atom is -0.373 e. The lowest BCUT2D eigenvalue weighted by Crippen LogP contribution is -2.44. The van der Waals surface area contributed by atoms with Crippen LogP contribution in [0.15, 0.2) is 6.20 Å². The lowest BCUT2D eigenvalue weighted by Gasteiger charge is -2.38. The molecule has 4 nitrogen and oxygen atoms in total. The first-order valence-electron chi connectivity index (χ1n) is 7.05. The summed E-state index contributed by atoms with van der Waals surface area (Å²) in [5.41, 5.74) is 6.98. The van der Waals surface area contributed by atoms with Crippen LogP contribution in [-0.4, -0.2) is 22.0 Å². The molecule has 19 heavy (non-hydrogen) atoms. The van der Waals surface area contributed by atoms with Crippen molar-refractivity contribution in [3.63, 3.8) is 0 Å². The second-order valence-corrected chi connectivity index (χ2v) is 5.51. The number of halogens is 1. The highest BCUT2D eigenvalue weighted by Crippen LogP contribution is 2.37. The number of nitrogens with two attached hydrogens (primary N) is 1. The van der Waals surface area contributed by atoms with Crippen molar-refractivity contribution in [2.75, 3.05) is 6.61 Å². The normalized spacial score (nSPS) is 14.1. The molecule has 1 rings (SSSR count). The summed E-state index contributed by atoms with van der Waals surface area (Å²) >= 11 is 6.29. The topological polar surface area (TPSA) is 53.1 Å². The fraction of sp³-hybridized carbons (Fsp3) is 0.786. The van der Waals surface area contributed by atoms with Crippen molar-refractivity contribution in [3.8, 4) is 0 Å². The number of ether oxygens (including phenoxy) is 1. The predicted molar refractivity (Wildman–Crippen MR) is 79.5 cm³/mol. The molecule has 0 amide bonds. The molecule has 0 aromatic carbocycles. The van der Waals surface area contributed by atoms with Crippen LogP contribution in [0.25, 0.3) is 0 Å². The second kappa shape index (κ2) is 6.73. The van der Waals surface area contributed by atoms with Crippen LogP contribution in [0.5, 0.6) is 0 Å². The van der Waals surface area contributed by atoms with Gasteiger partial charge in [0, 0.05) is 12.6 Å². The van der Waals surface area contributed by atoms with Crippen molar-refractivity contribution in [2.45, 2.75) is 65.1 Å². The van der Waals surface area contributed by atoms with E-state index in [4.69, 9.17) is 22.1 Å². The van der Waals surface area contributed by atoms with Crippen LogP contribution >= 0.6 is 11.6 Å². The molecule has 1 aromatic heterocycles. The highest BCUT2D eigenvalue weighted by molar-refractivity contribution is 6.31. The summed E-state index contributed by atoms with van der Waals surface area (Å²) in [7, 11) is 0. The van der Waals surface area contributed by atoms with E-state index in [0.29, 0.717) is 11.6 Å². The van der Waals surface area contributed by atoms with Gasteiger partial charge >= 0.3 is 0 Å². The third-order valence-corrected chi connectivity index (χ3v) is 4.06. The van der Waals surface area contributed by atoms with Gasteiger partial charge in [-0.3, -0.25) is 4.68 Å². The Bertz CT molecular complexity index is 399. The Morgan fingerprint density at radius 1 is 1.37 bits per heavy atom. The predicted octanol–water partition coefficient (Wildman–Crippen LogP) is 3.71. The molecule has 0 saturated carbocycles. The van der Waals surface area contributed by atoms with E-state index in [1.165, 1.54) is 0 Å². The first kappa shape index (κ1) is 16.5. The number of nitrogens with zero attached hydrogens (tertiary/aromatic N) is 2. The van der Waals surface area contributed by atoms with Crippen LogP contribution in [0.2, 0.25) is 5.02 Å². The molecule has 0 bridgehead atoms. The average Bonchev–Trinajstić information content (AvgIpc) is 2.77. The van der Waals surface area contributed by atoms with Gasteiger partial charge in [0.2, 0.25) is 0 Å². The molecule has 1 heterocycles. The molecule has 1 atom stereocenters. The monoisotopic (exact) mass is 287 g/mol. The van der Waals surface area contributed by atoms with E-state index in [9.17, 15) is 0 Å². The summed E-state index contributed by atoms with van der Waals surface area (Å²) in [4.78, 5) is 0. The maximum Gasteiger partial charge on any atom is 0.0884 e. The minimum atomic E-state index is -0.384. The van der Waals surface area contributed by atoms with Gasteiger partial charge < -0.3 is 10.5 Å². The first-order chi connectivity index (χ1) is 8.93. The van der Waals surface area contributed by atoms with E-state index in [1.54, 1.807) is 6.20 Å². The van der Waals surface area contributed by atoms with Gasteiger partial charge in [0.05, 0.1) is 28.6 Å². The van der Waals surface area contributed by atoms with Crippen molar-refractivity contribution >= 4 is 11.6 Å². The molecule has 1 unspecified atom stereocenters. The highest BCUT2D eigenvalue weighted by Gasteiger charge is 2.38. The largest absolute Gasteiger partial charge is 0.373 e. The molecule has 0 spiro atoms. The summed E-state index contributed by atoms with van der Waals surface area (Å²) in [5, 5.41) is 4.95. The molecular weight excluding hydrogens is 262 g/mol. The summed E-state index contributed by atoms with van der Waals surface area (Å²) in [6.45, 7) is 11.0. The highest BCUT2D eigenvalue weighted by atomic mass is 35.5. The zero-order valence-electron chi connectivity index (χ0n) is 12.6. The molecule has 0 aliphatic carbocycles. The van der Waals surface area contributed by atoms with E-state index >= 15 is 0 Å². The fourth-order valence-electron chi connectivity index (χ4n) is 2.57. The number of rotatable bonds is 7. The second-order valence-electron chi connectivity index (χ2n) is 5.10. The SMILES string of the molecule is CCOC(CC)(CC)C(N)c1c(Cl)cnn1C(C)C. The Balaban J connectivity index is 3.23. The lowest BCUT2D eigenvalue weighted by molar-refractivity contribution is -0.0663. The first-order valence-corrected chi connectivity index (χ1v) is 7.43. The van der Waals surface area contributed by atoms with Gasteiger partial charge in [-0.05, 0) is 33.6 Å². The van der Waals surface area contributed by atoms with E-state index in [2.05, 4.69) is 32.8 Å². The Kier molecular flexibility index (Phi) is 5.83. The summed E-state index contributed by atoms with van der Waals surface area (Å²) in [6.07, 6.45) is 3.36. The Labute approximate surface area is 121 Å². The fourth-order valence-corrected chi connectivity index (χ4v) is 2.82. The Hall–Kier alpha value is -0.580. The molecule has 5 heteroatoms.